The second-order valence-electron chi connectivity index (χ2n) is 6.13. The predicted molar refractivity (Wildman–Crippen MR) is 101 cm³/mol. The van der Waals surface area contributed by atoms with Gasteiger partial charge in [0.1, 0.15) is 6.33 Å². The van der Waals surface area contributed by atoms with E-state index in [0.717, 1.165) is 24.1 Å². The van der Waals surface area contributed by atoms with E-state index < -0.39 is 11.7 Å². The van der Waals surface area contributed by atoms with Gasteiger partial charge in [-0.1, -0.05) is 36.4 Å². The molecule has 0 bridgehead atoms. The van der Waals surface area contributed by atoms with Gasteiger partial charge in [-0.2, -0.15) is 0 Å². The summed E-state index contributed by atoms with van der Waals surface area (Å²) >= 11 is 0. The first-order chi connectivity index (χ1) is 13.2. The molecule has 0 aliphatic carbocycles. The largest absolute Gasteiger partial charge is 0.345 e. The number of nitrogens with one attached hydrogen (secondary N) is 1. The van der Waals surface area contributed by atoms with Crippen molar-refractivity contribution in [1.82, 2.24) is 20.3 Å². The van der Waals surface area contributed by atoms with Gasteiger partial charge >= 0.3 is 0 Å². The molecule has 0 atom stereocenters. The Bertz CT molecular complexity index is 898. The number of aromatic nitrogens is 3. The molecule has 6 nitrogen and oxygen atoms in total. The molecular weight excluding hydrogens is 340 g/mol. The summed E-state index contributed by atoms with van der Waals surface area (Å²) in [5.41, 5.74) is 3.47. The summed E-state index contributed by atoms with van der Waals surface area (Å²) in [6, 6.07) is 15.5. The third-order valence-corrected chi connectivity index (χ3v) is 4.06. The molecule has 0 fully saturated rings. The van der Waals surface area contributed by atoms with Crippen molar-refractivity contribution in [2.45, 2.75) is 25.8 Å². The molecule has 0 radical (unpaired) electrons. The smallest absolute Gasteiger partial charge is 0.288 e. The van der Waals surface area contributed by atoms with Gasteiger partial charge in [-0.05, 0) is 36.1 Å². The van der Waals surface area contributed by atoms with Crippen LogP contribution in [-0.2, 0) is 35.4 Å². The molecule has 1 N–H and O–H groups in total. The Morgan fingerprint density at radius 3 is 2.44 bits per heavy atom. The van der Waals surface area contributed by atoms with Gasteiger partial charge in [-0.15, -0.1) is 0 Å². The van der Waals surface area contributed by atoms with Crippen LogP contribution >= 0.6 is 0 Å². The molecule has 3 rings (SSSR count). The van der Waals surface area contributed by atoms with Gasteiger partial charge in [0.25, 0.3) is 5.91 Å². The monoisotopic (exact) mass is 360 g/mol. The van der Waals surface area contributed by atoms with Gasteiger partial charge in [0.15, 0.2) is 0 Å². The van der Waals surface area contributed by atoms with E-state index in [1.165, 1.54) is 11.9 Å². The van der Waals surface area contributed by atoms with Gasteiger partial charge < -0.3 is 5.32 Å². The number of rotatable bonds is 8. The minimum Gasteiger partial charge on any atom is -0.345 e. The van der Waals surface area contributed by atoms with Crippen molar-refractivity contribution >= 4 is 11.7 Å². The summed E-state index contributed by atoms with van der Waals surface area (Å²) in [5, 5.41) is 2.61. The molecule has 2 heterocycles. The van der Waals surface area contributed by atoms with Gasteiger partial charge in [0.05, 0.1) is 12.1 Å². The van der Waals surface area contributed by atoms with Gasteiger partial charge in [-0.3, -0.25) is 14.6 Å². The molecule has 27 heavy (non-hydrogen) atoms. The standard InChI is InChI=1S/C21H20N4O2/c26-20(21(27)23-14-17-7-4-10-22-13-17)12-19-11-18(24-15-25-19)9-8-16-5-2-1-3-6-16/h1-7,10-11,13,15H,8-9,12,14H2,(H,23,27). The summed E-state index contributed by atoms with van der Waals surface area (Å²) in [7, 11) is 0. The molecule has 6 heteroatoms. The van der Waals surface area contributed by atoms with Crippen molar-refractivity contribution in [1.29, 1.82) is 0 Å². The number of hydrogen-bond acceptors (Lipinski definition) is 5. The van der Waals surface area contributed by atoms with E-state index in [1.807, 2.05) is 24.3 Å². The van der Waals surface area contributed by atoms with E-state index in [1.54, 1.807) is 24.5 Å². The number of benzene rings is 1. The number of carbonyl (C=O) groups excluding carboxylic acids is 2. The molecule has 0 aliphatic rings. The van der Waals surface area contributed by atoms with Crippen LogP contribution in [0.4, 0.5) is 0 Å². The number of pyridine rings is 1. The summed E-state index contributed by atoms with van der Waals surface area (Å²) in [4.78, 5) is 36.5. The fourth-order valence-electron chi connectivity index (χ4n) is 2.62. The highest BCUT2D eigenvalue weighted by atomic mass is 16.2. The zero-order valence-electron chi connectivity index (χ0n) is 14.8. The normalized spacial score (nSPS) is 10.4. The lowest BCUT2D eigenvalue weighted by Crippen LogP contribution is -2.31. The Labute approximate surface area is 157 Å². The molecule has 1 aromatic carbocycles. The summed E-state index contributed by atoms with van der Waals surface area (Å²) in [6.07, 6.45) is 6.31. The summed E-state index contributed by atoms with van der Waals surface area (Å²) < 4.78 is 0. The Morgan fingerprint density at radius 1 is 0.889 bits per heavy atom. The van der Waals surface area contributed by atoms with Crippen molar-refractivity contribution in [2.24, 2.45) is 0 Å². The Morgan fingerprint density at radius 2 is 1.67 bits per heavy atom. The van der Waals surface area contributed by atoms with E-state index in [0.29, 0.717) is 5.69 Å². The number of Topliss-reactive ketones (excluding diaryl/α,β-unsaturated/α-hetero) is 1. The fourth-order valence-corrected chi connectivity index (χ4v) is 2.62. The second kappa shape index (κ2) is 9.33. The molecule has 0 unspecified atom stereocenters. The highest BCUT2D eigenvalue weighted by Crippen LogP contribution is 2.07. The van der Waals surface area contributed by atoms with Crippen LogP contribution in [0.15, 0.2) is 67.3 Å². The summed E-state index contributed by atoms with van der Waals surface area (Å²) in [5.74, 6) is -1.14. The van der Waals surface area contributed by atoms with Crippen molar-refractivity contribution in [3.05, 3.63) is 89.8 Å². The van der Waals surface area contributed by atoms with Crippen molar-refractivity contribution < 1.29 is 9.59 Å². The number of hydrogen-bond donors (Lipinski definition) is 1. The molecule has 136 valence electrons. The Kier molecular flexibility index (Phi) is 6.35. The average molecular weight is 360 g/mol. The molecule has 0 saturated heterocycles. The maximum atomic E-state index is 12.1. The number of amides is 1. The molecular formula is C21H20N4O2. The first-order valence-electron chi connectivity index (χ1n) is 8.74. The summed E-state index contributed by atoms with van der Waals surface area (Å²) in [6.45, 7) is 0.268. The SMILES string of the molecule is O=C(Cc1cc(CCc2ccccc2)ncn1)C(=O)NCc1cccnc1. The highest BCUT2D eigenvalue weighted by Gasteiger charge is 2.15. The first-order valence-corrected chi connectivity index (χ1v) is 8.74. The minimum atomic E-state index is -0.622. The van der Waals surface area contributed by atoms with Crippen LogP contribution in [0.3, 0.4) is 0 Å². The number of aryl methyl sites for hydroxylation is 2. The molecule has 3 aromatic rings. The van der Waals surface area contributed by atoms with Gasteiger partial charge in [-0.25, -0.2) is 9.97 Å². The van der Waals surface area contributed by atoms with Crippen LogP contribution in [0.5, 0.6) is 0 Å². The number of nitrogens with zero attached hydrogens (tertiary/aromatic N) is 3. The first kappa shape index (κ1) is 18.4. The van der Waals surface area contributed by atoms with E-state index in [-0.39, 0.29) is 13.0 Å². The molecule has 2 aromatic heterocycles. The van der Waals surface area contributed by atoms with Crippen molar-refractivity contribution in [2.75, 3.05) is 0 Å². The third-order valence-electron chi connectivity index (χ3n) is 4.06. The average Bonchev–Trinajstić information content (AvgIpc) is 2.72. The van der Waals surface area contributed by atoms with Crippen LogP contribution in [0.1, 0.15) is 22.5 Å². The van der Waals surface area contributed by atoms with Crippen LogP contribution in [0.2, 0.25) is 0 Å². The van der Waals surface area contributed by atoms with Gasteiger partial charge in [0, 0.05) is 24.6 Å². The predicted octanol–water partition coefficient (Wildman–Crippen LogP) is 2.08. The van der Waals surface area contributed by atoms with E-state index in [4.69, 9.17) is 0 Å². The topological polar surface area (TPSA) is 84.8 Å². The third kappa shape index (κ3) is 5.81. The minimum absolute atomic E-state index is 0.0419. The number of carbonyl (C=O) groups is 2. The maximum Gasteiger partial charge on any atom is 0.288 e. The molecule has 0 aliphatic heterocycles. The van der Waals surface area contributed by atoms with Crippen LogP contribution in [0, 0.1) is 0 Å². The fraction of sp³-hybridized carbons (Fsp3) is 0.190. The van der Waals surface area contributed by atoms with E-state index in [9.17, 15) is 9.59 Å². The quantitative estimate of drug-likeness (QED) is 0.622. The zero-order chi connectivity index (χ0) is 18.9. The number of ketones is 1. The maximum absolute atomic E-state index is 12.1. The van der Waals surface area contributed by atoms with Crippen LogP contribution in [0.25, 0.3) is 0 Å². The Hall–Kier alpha value is -3.41. The Balaban J connectivity index is 1.52. The lowest BCUT2D eigenvalue weighted by molar-refractivity contribution is -0.137. The van der Waals surface area contributed by atoms with E-state index in [2.05, 4.69) is 32.4 Å². The zero-order valence-corrected chi connectivity index (χ0v) is 14.8. The van der Waals surface area contributed by atoms with Crippen molar-refractivity contribution in [3.8, 4) is 0 Å². The lowest BCUT2D eigenvalue weighted by atomic mass is 10.1. The molecule has 0 saturated carbocycles. The highest BCUT2D eigenvalue weighted by molar-refractivity contribution is 6.36. The van der Waals surface area contributed by atoms with Crippen LogP contribution in [-0.4, -0.2) is 26.6 Å². The van der Waals surface area contributed by atoms with Gasteiger partial charge in [0.2, 0.25) is 5.78 Å². The van der Waals surface area contributed by atoms with Crippen molar-refractivity contribution in [3.63, 3.8) is 0 Å². The second-order valence-corrected chi connectivity index (χ2v) is 6.13. The molecule has 1 amide bonds. The molecule has 0 spiro atoms. The lowest BCUT2D eigenvalue weighted by Gasteiger charge is -2.05. The van der Waals surface area contributed by atoms with Crippen LogP contribution < -0.4 is 5.32 Å². The van der Waals surface area contributed by atoms with E-state index >= 15 is 0 Å².